The van der Waals surface area contributed by atoms with Crippen LogP contribution in [0.5, 0.6) is 0 Å². The van der Waals surface area contributed by atoms with Crippen molar-refractivity contribution < 1.29 is 9.00 Å². The Hall–Kier alpha value is -1.36. The summed E-state index contributed by atoms with van der Waals surface area (Å²) < 4.78 is 14.2. The monoisotopic (exact) mass is 280 g/mol. The van der Waals surface area contributed by atoms with E-state index < -0.39 is 11.0 Å². The highest BCUT2D eigenvalue weighted by Gasteiger charge is 2.24. The van der Waals surface area contributed by atoms with Gasteiger partial charge in [-0.2, -0.15) is 0 Å². The zero-order valence-corrected chi connectivity index (χ0v) is 12.3. The molecular formula is C14H20N2O2S. The maximum atomic E-state index is 12.7. The molecule has 0 spiro atoms. The Labute approximate surface area is 117 Å². The largest absolute Gasteiger partial charge is 0.377 e. The highest BCUT2D eigenvalue weighted by Crippen LogP contribution is 2.25. The highest BCUT2D eigenvalue weighted by atomic mass is 32.2. The van der Waals surface area contributed by atoms with Gasteiger partial charge in [-0.3, -0.25) is 9.10 Å². The van der Waals surface area contributed by atoms with Crippen molar-refractivity contribution in [2.24, 2.45) is 0 Å². The maximum absolute atomic E-state index is 12.7. The van der Waals surface area contributed by atoms with Gasteiger partial charge in [0.1, 0.15) is 0 Å². The molecule has 1 aromatic rings. The molecule has 1 aliphatic rings. The first-order chi connectivity index (χ1) is 9.11. The zero-order valence-electron chi connectivity index (χ0n) is 11.5. The number of benzene rings is 1. The lowest BCUT2D eigenvalue weighted by atomic mass is 10.2. The predicted octanol–water partition coefficient (Wildman–Crippen LogP) is 2.18. The zero-order chi connectivity index (χ0) is 13.8. The fourth-order valence-corrected chi connectivity index (χ4v) is 3.66. The Balaban J connectivity index is 2.30. The topological polar surface area (TPSA) is 40.6 Å². The summed E-state index contributed by atoms with van der Waals surface area (Å²) in [6, 6.07) is 7.54. The normalized spacial score (nSPS) is 18.0. The minimum Gasteiger partial charge on any atom is -0.377 e. The Kier molecular flexibility index (Phi) is 4.58. The van der Waals surface area contributed by atoms with E-state index in [9.17, 15) is 9.00 Å². The molecule has 104 valence electrons. The molecule has 19 heavy (non-hydrogen) atoms. The van der Waals surface area contributed by atoms with Crippen LogP contribution < -0.4 is 4.90 Å². The third-order valence-electron chi connectivity index (χ3n) is 3.27. The second kappa shape index (κ2) is 6.19. The van der Waals surface area contributed by atoms with Gasteiger partial charge in [0.2, 0.25) is 5.91 Å². The molecule has 2 rings (SSSR count). The Morgan fingerprint density at radius 3 is 2.63 bits per heavy atom. The van der Waals surface area contributed by atoms with Crippen LogP contribution in [0, 0.1) is 0 Å². The average Bonchev–Trinajstić information content (AvgIpc) is 2.62. The van der Waals surface area contributed by atoms with E-state index in [-0.39, 0.29) is 5.91 Å². The molecule has 1 amide bonds. The number of rotatable bonds is 3. The van der Waals surface area contributed by atoms with Gasteiger partial charge in [-0.05, 0) is 25.0 Å². The molecule has 0 aromatic heterocycles. The second-order valence-electron chi connectivity index (χ2n) is 4.92. The first-order valence-corrected chi connectivity index (χ1v) is 7.70. The van der Waals surface area contributed by atoms with Gasteiger partial charge < -0.3 is 4.90 Å². The first kappa shape index (κ1) is 14.1. The van der Waals surface area contributed by atoms with E-state index in [2.05, 4.69) is 0 Å². The molecule has 4 nitrogen and oxygen atoms in total. The summed E-state index contributed by atoms with van der Waals surface area (Å²) in [6.07, 6.45) is 3.38. The van der Waals surface area contributed by atoms with Gasteiger partial charge in [-0.15, -0.1) is 0 Å². The molecule has 5 heteroatoms. The molecule has 1 heterocycles. The number of hydrogen-bond donors (Lipinski definition) is 0. The number of hydrogen-bond acceptors (Lipinski definition) is 3. The quantitative estimate of drug-likeness (QED) is 0.852. The van der Waals surface area contributed by atoms with Crippen molar-refractivity contribution in [3.8, 4) is 0 Å². The standard InChI is InChI=1S/C14H20N2O2S/c1-15(2)12-8-5-6-9-13(12)19(18)16-11-7-3-4-10-14(16)17/h5-6,8-9H,3-4,7,10-11H2,1-2H3. The van der Waals surface area contributed by atoms with Crippen molar-refractivity contribution in [3.05, 3.63) is 24.3 Å². The number of carbonyl (C=O) groups excluding carboxylic acids is 1. The van der Waals surface area contributed by atoms with Gasteiger partial charge >= 0.3 is 0 Å². The molecule has 0 N–H and O–H groups in total. The fourth-order valence-electron chi connectivity index (χ4n) is 2.23. The number of nitrogens with zero attached hydrogens (tertiary/aromatic N) is 2. The summed E-state index contributed by atoms with van der Waals surface area (Å²) in [5.41, 5.74) is 0.901. The van der Waals surface area contributed by atoms with Crippen LogP contribution in [-0.2, 0) is 15.8 Å². The summed E-state index contributed by atoms with van der Waals surface area (Å²) in [4.78, 5) is 14.7. The third kappa shape index (κ3) is 3.15. The van der Waals surface area contributed by atoms with Crippen molar-refractivity contribution >= 4 is 22.6 Å². The number of amides is 1. The van der Waals surface area contributed by atoms with Gasteiger partial charge in [0.25, 0.3) is 0 Å². The minimum atomic E-state index is -1.40. The predicted molar refractivity (Wildman–Crippen MR) is 77.4 cm³/mol. The van der Waals surface area contributed by atoms with Crippen LogP contribution in [0.3, 0.4) is 0 Å². The van der Waals surface area contributed by atoms with E-state index in [0.717, 1.165) is 24.9 Å². The molecule has 0 saturated carbocycles. The fraction of sp³-hybridized carbons (Fsp3) is 0.500. The number of carbonyl (C=O) groups is 1. The van der Waals surface area contributed by atoms with E-state index in [1.165, 1.54) is 4.31 Å². The summed E-state index contributed by atoms with van der Waals surface area (Å²) in [5, 5.41) is 0. The van der Waals surface area contributed by atoms with Crippen LogP contribution in [0.25, 0.3) is 0 Å². The van der Waals surface area contributed by atoms with E-state index in [1.807, 2.05) is 43.3 Å². The molecule has 1 saturated heterocycles. The lowest BCUT2D eigenvalue weighted by Crippen LogP contribution is -2.32. The van der Waals surface area contributed by atoms with E-state index in [1.54, 1.807) is 0 Å². The molecule has 1 fully saturated rings. The Morgan fingerprint density at radius 2 is 1.89 bits per heavy atom. The van der Waals surface area contributed by atoms with Crippen LogP contribution >= 0.6 is 0 Å². The molecule has 1 atom stereocenters. The molecule has 0 aliphatic carbocycles. The van der Waals surface area contributed by atoms with Gasteiger partial charge in [-0.1, -0.05) is 18.6 Å². The SMILES string of the molecule is CN(C)c1ccccc1S(=O)N1CCCCCC1=O. The first-order valence-electron chi connectivity index (χ1n) is 6.60. The third-order valence-corrected chi connectivity index (χ3v) is 4.77. The van der Waals surface area contributed by atoms with Crippen molar-refractivity contribution in [3.63, 3.8) is 0 Å². The summed E-state index contributed by atoms with van der Waals surface area (Å²) in [7, 11) is 2.43. The van der Waals surface area contributed by atoms with Crippen molar-refractivity contribution in [2.75, 3.05) is 25.5 Å². The van der Waals surface area contributed by atoms with Crippen LogP contribution in [0.2, 0.25) is 0 Å². The number of para-hydroxylation sites is 1. The smallest absolute Gasteiger partial charge is 0.234 e. The summed E-state index contributed by atoms with van der Waals surface area (Å²) in [6.45, 7) is 0.590. The van der Waals surface area contributed by atoms with Gasteiger partial charge in [0.15, 0.2) is 11.0 Å². The van der Waals surface area contributed by atoms with Gasteiger partial charge in [-0.25, -0.2) is 4.21 Å². The Bertz CT molecular complexity index is 488. The van der Waals surface area contributed by atoms with Crippen molar-refractivity contribution in [2.45, 2.75) is 30.6 Å². The maximum Gasteiger partial charge on any atom is 0.234 e. The molecule has 0 radical (unpaired) electrons. The average molecular weight is 280 g/mol. The van der Waals surface area contributed by atoms with Crippen molar-refractivity contribution in [1.82, 2.24) is 4.31 Å². The molecule has 0 bridgehead atoms. The van der Waals surface area contributed by atoms with Crippen molar-refractivity contribution in [1.29, 1.82) is 0 Å². The van der Waals surface area contributed by atoms with Gasteiger partial charge in [0, 0.05) is 27.1 Å². The van der Waals surface area contributed by atoms with E-state index in [0.29, 0.717) is 17.9 Å². The minimum absolute atomic E-state index is 0.00407. The lowest BCUT2D eigenvalue weighted by Gasteiger charge is -2.23. The molecule has 1 aliphatic heterocycles. The van der Waals surface area contributed by atoms with Crippen LogP contribution in [0.1, 0.15) is 25.7 Å². The Morgan fingerprint density at radius 1 is 1.16 bits per heavy atom. The van der Waals surface area contributed by atoms with Gasteiger partial charge in [0.05, 0.1) is 10.6 Å². The highest BCUT2D eigenvalue weighted by molar-refractivity contribution is 7.83. The summed E-state index contributed by atoms with van der Waals surface area (Å²) in [5.74, 6) is 0.00407. The lowest BCUT2D eigenvalue weighted by molar-refractivity contribution is -0.125. The summed E-state index contributed by atoms with van der Waals surface area (Å²) >= 11 is 0. The molecular weight excluding hydrogens is 260 g/mol. The van der Waals surface area contributed by atoms with Crippen LogP contribution in [0.15, 0.2) is 29.2 Å². The molecule has 1 aromatic carbocycles. The number of anilines is 1. The van der Waals surface area contributed by atoms with E-state index in [4.69, 9.17) is 0 Å². The van der Waals surface area contributed by atoms with E-state index >= 15 is 0 Å². The molecule has 1 unspecified atom stereocenters. The second-order valence-corrected chi connectivity index (χ2v) is 6.30. The van der Waals surface area contributed by atoms with Crippen LogP contribution in [-0.4, -0.2) is 35.1 Å². The van der Waals surface area contributed by atoms with Crippen LogP contribution in [0.4, 0.5) is 5.69 Å².